The third-order valence-electron chi connectivity index (χ3n) is 8.91. The molecule has 0 bridgehead atoms. The molecule has 1 aromatic heterocycles. The van der Waals surface area contributed by atoms with Gasteiger partial charge in [-0.3, -0.25) is 4.90 Å². The van der Waals surface area contributed by atoms with Crippen molar-refractivity contribution in [2.24, 2.45) is 0 Å². The van der Waals surface area contributed by atoms with Gasteiger partial charge in [-0.1, -0.05) is 24.4 Å². The lowest BCUT2D eigenvalue weighted by atomic mass is 9.95. The summed E-state index contributed by atoms with van der Waals surface area (Å²) in [6, 6.07) is 7.04. The fourth-order valence-corrected chi connectivity index (χ4v) is 8.54. The zero-order chi connectivity index (χ0) is 28.3. The Morgan fingerprint density at radius 1 is 1.02 bits per heavy atom. The largest absolute Gasteiger partial charge is 0.494 e. The topological polar surface area (TPSA) is 85.9 Å². The van der Waals surface area contributed by atoms with Crippen LogP contribution in [0, 0.1) is 0 Å². The van der Waals surface area contributed by atoms with Gasteiger partial charge in [-0.05, 0) is 58.2 Å². The Morgan fingerprint density at radius 3 is 2.45 bits per heavy atom. The first kappa shape index (κ1) is 29.4. The summed E-state index contributed by atoms with van der Waals surface area (Å²) in [4.78, 5) is 16.7. The van der Waals surface area contributed by atoms with Gasteiger partial charge >= 0.3 is 0 Å². The minimum atomic E-state index is -2.25. The molecular weight excluding hydrogens is 545 g/mol. The molecule has 0 spiro atoms. The van der Waals surface area contributed by atoms with E-state index in [-0.39, 0.29) is 11.7 Å². The predicted octanol–water partition coefficient (Wildman–Crippen LogP) is 5.44. The van der Waals surface area contributed by atoms with E-state index >= 15 is 0 Å². The lowest BCUT2D eigenvalue weighted by Gasteiger charge is -2.42. The van der Waals surface area contributed by atoms with Crippen molar-refractivity contribution in [3.63, 3.8) is 0 Å². The van der Waals surface area contributed by atoms with E-state index in [4.69, 9.17) is 21.3 Å². The molecule has 3 aliphatic rings. The van der Waals surface area contributed by atoms with E-state index in [1.165, 1.54) is 44.7 Å². The number of methoxy groups -OCH3 is 1. The van der Waals surface area contributed by atoms with Crippen LogP contribution in [0.4, 0.5) is 23.1 Å². The Labute approximate surface area is 244 Å². The van der Waals surface area contributed by atoms with Gasteiger partial charge in [0.05, 0.1) is 26.1 Å². The minimum Gasteiger partial charge on any atom is -0.494 e. The van der Waals surface area contributed by atoms with Gasteiger partial charge in [0.15, 0.2) is 5.82 Å². The number of ether oxygens (including phenoxy) is 1. The van der Waals surface area contributed by atoms with Crippen LogP contribution < -0.4 is 20.3 Å². The number of nitrogens with one attached hydrogen (secondary N) is 2. The van der Waals surface area contributed by atoms with Crippen molar-refractivity contribution in [3.8, 4) is 5.75 Å². The van der Waals surface area contributed by atoms with Crippen LogP contribution >= 0.6 is 18.7 Å². The molecule has 3 heterocycles. The summed E-state index contributed by atoms with van der Waals surface area (Å²) in [6.45, 7) is 10.6. The van der Waals surface area contributed by atoms with Gasteiger partial charge in [-0.15, -0.1) is 0 Å². The maximum Gasteiger partial charge on any atom is 0.229 e. The molecule has 3 fully saturated rings. The van der Waals surface area contributed by atoms with Crippen molar-refractivity contribution in [2.45, 2.75) is 56.3 Å². The van der Waals surface area contributed by atoms with Crippen LogP contribution in [0.15, 0.2) is 24.4 Å². The Kier molecular flexibility index (Phi) is 9.45. The SMILES string of the molecule is COc1cc(N2CCC(N3CCN(C)CC3)CC2)ccc1Nc1ncc(Cl)c(N[C@H]2CCCC[C@H]2P(C)(C)=O)n1. The molecule has 2 aliphatic heterocycles. The average molecular weight is 590 g/mol. The fourth-order valence-electron chi connectivity index (χ4n) is 6.50. The Hall–Kier alpha value is -2.06. The van der Waals surface area contributed by atoms with E-state index < -0.39 is 7.14 Å². The summed E-state index contributed by atoms with van der Waals surface area (Å²) in [5.74, 6) is 1.76. The van der Waals surface area contributed by atoms with Gasteiger partial charge < -0.3 is 29.7 Å². The molecule has 40 heavy (non-hydrogen) atoms. The minimum absolute atomic E-state index is 0.0871. The molecule has 11 heteroatoms. The molecule has 5 rings (SSSR count). The van der Waals surface area contributed by atoms with Crippen molar-refractivity contribution in [3.05, 3.63) is 29.4 Å². The number of halogens is 1. The zero-order valence-electron chi connectivity index (χ0n) is 24.4. The number of benzene rings is 1. The first-order valence-corrected chi connectivity index (χ1v) is 17.7. The highest BCUT2D eigenvalue weighted by atomic mass is 35.5. The van der Waals surface area contributed by atoms with Crippen LogP contribution in [0.2, 0.25) is 5.02 Å². The van der Waals surface area contributed by atoms with Crippen molar-refractivity contribution < 1.29 is 9.30 Å². The van der Waals surface area contributed by atoms with Gasteiger partial charge in [0, 0.05) is 68.8 Å². The highest BCUT2D eigenvalue weighted by molar-refractivity contribution is 7.63. The second kappa shape index (κ2) is 12.8. The van der Waals surface area contributed by atoms with Crippen LogP contribution in [0.25, 0.3) is 0 Å². The van der Waals surface area contributed by atoms with Crippen LogP contribution in [0.3, 0.4) is 0 Å². The molecule has 0 radical (unpaired) electrons. The van der Waals surface area contributed by atoms with Crippen LogP contribution in [0.1, 0.15) is 38.5 Å². The smallest absolute Gasteiger partial charge is 0.229 e. The summed E-state index contributed by atoms with van der Waals surface area (Å²) in [6.07, 6.45) is 8.14. The number of anilines is 4. The lowest BCUT2D eigenvalue weighted by molar-refractivity contribution is 0.0982. The number of rotatable bonds is 8. The van der Waals surface area contributed by atoms with E-state index in [0.717, 1.165) is 50.2 Å². The Bertz CT molecular complexity index is 1190. The standard InChI is InChI=1S/C29H45ClN7O2P/c1-35-15-17-37(18-16-35)21-11-13-36(14-12-21)22-9-10-24(26(19-22)39-2)33-29-31-20-23(30)28(34-29)32-25-7-5-6-8-27(25)40(3,4)38/h9-10,19-21,25,27H,5-8,11-18H2,1-4H3,(H2,31,32,33,34)/t25-,27+/m0/s1. The van der Waals surface area contributed by atoms with Gasteiger partial charge in [0.2, 0.25) is 5.95 Å². The molecule has 2 N–H and O–H groups in total. The van der Waals surface area contributed by atoms with Crippen LogP contribution in [-0.2, 0) is 4.57 Å². The fraction of sp³-hybridized carbons (Fsp3) is 0.655. The van der Waals surface area contributed by atoms with E-state index in [1.807, 2.05) is 19.4 Å². The first-order valence-electron chi connectivity index (χ1n) is 14.7. The van der Waals surface area contributed by atoms with Crippen molar-refractivity contribution in [1.29, 1.82) is 0 Å². The maximum absolute atomic E-state index is 12.9. The molecule has 0 amide bonds. The summed E-state index contributed by atoms with van der Waals surface area (Å²) < 4.78 is 18.7. The maximum atomic E-state index is 12.9. The normalized spacial score (nSPS) is 23.7. The van der Waals surface area contributed by atoms with Crippen LogP contribution in [-0.4, -0.2) is 104 Å². The molecule has 1 saturated carbocycles. The number of nitrogens with zero attached hydrogens (tertiary/aromatic N) is 5. The summed E-state index contributed by atoms with van der Waals surface area (Å²) in [5, 5.41) is 7.28. The molecule has 1 aromatic carbocycles. The number of likely N-dealkylation sites (N-methyl/N-ethyl adjacent to an activating group) is 1. The quantitative estimate of drug-likeness (QED) is 0.391. The Balaban J connectivity index is 1.24. The molecule has 1 aliphatic carbocycles. The van der Waals surface area contributed by atoms with Crippen molar-refractivity contribution in [1.82, 2.24) is 19.8 Å². The van der Waals surface area contributed by atoms with E-state index in [0.29, 0.717) is 22.8 Å². The molecule has 9 nitrogen and oxygen atoms in total. The number of piperidine rings is 1. The Morgan fingerprint density at radius 2 is 1.75 bits per heavy atom. The molecular formula is C29H45ClN7O2P. The highest BCUT2D eigenvalue weighted by Gasteiger charge is 2.34. The monoisotopic (exact) mass is 589 g/mol. The third kappa shape index (κ3) is 7.04. The van der Waals surface area contributed by atoms with Gasteiger partial charge in [-0.2, -0.15) is 4.98 Å². The molecule has 220 valence electrons. The predicted molar refractivity (Wildman–Crippen MR) is 167 cm³/mol. The zero-order valence-corrected chi connectivity index (χ0v) is 26.1. The number of hydrogen-bond donors (Lipinski definition) is 2. The summed E-state index contributed by atoms with van der Waals surface area (Å²) in [7, 11) is 1.66. The van der Waals surface area contributed by atoms with Gasteiger partial charge in [-0.25, -0.2) is 4.98 Å². The summed E-state index contributed by atoms with van der Waals surface area (Å²) in [5.41, 5.74) is 2.10. The number of hydrogen-bond acceptors (Lipinski definition) is 9. The number of aromatic nitrogens is 2. The van der Waals surface area contributed by atoms with Crippen LogP contribution in [0.5, 0.6) is 5.75 Å². The number of piperazine rings is 1. The molecule has 2 atom stereocenters. The summed E-state index contributed by atoms with van der Waals surface area (Å²) >= 11 is 6.49. The third-order valence-corrected chi connectivity index (χ3v) is 11.4. The molecule has 2 aromatic rings. The second-order valence-corrected chi connectivity index (χ2v) is 15.9. The van der Waals surface area contributed by atoms with Crippen molar-refractivity contribution >= 4 is 41.9 Å². The molecule has 2 saturated heterocycles. The lowest BCUT2D eigenvalue weighted by Crippen LogP contribution is -2.52. The van der Waals surface area contributed by atoms with Gasteiger partial charge in [0.25, 0.3) is 0 Å². The average Bonchev–Trinajstić information content (AvgIpc) is 2.95. The van der Waals surface area contributed by atoms with E-state index in [2.05, 4.69) is 49.5 Å². The first-order chi connectivity index (χ1) is 19.2. The second-order valence-electron chi connectivity index (χ2n) is 12.0. The molecule has 0 unspecified atom stereocenters. The highest BCUT2D eigenvalue weighted by Crippen LogP contribution is 2.49. The van der Waals surface area contributed by atoms with E-state index in [1.54, 1.807) is 13.3 Å². The van der Waals surface area contributed by atoms with E-state index in [9.17, 15) is 4.57 Å². The van der Waals surface area contributed by atoms with Crippen molar-refractivity contribution in [2.75, 3.05) is 82.3 Å². The van der Waals surface area contributed by atoms with Gasteiger partial charge in [0.1, 0.15) is 10.8 Å².